The summed E-state index contributed by atoms with van der Waals surface area (Å²) in [5.74, 6) is -3.06. The van der Waals surface area contributed by atoms with Crippen molar-refractivity contribution in [3.8, 4) is 23.0 Å². The van der Waals surface area contributed by atoms with E-state index in [4.69, 9.17) is 23.2 Å². The van der Waals surface area contributed by atoms with E-state index in [0.29, 0.717) is 0 Å². The molecule has 2 aromatic carbocycles. The molecule has 0 aliphatic heterocycles. The third-order valence-corrected chi connectivity index (χ3v) is 3.47. The number of carbonyl (C=O) groups is 2. The lowest BCUT2D eigenvalue weighted by Gasteiger charge is -2.07. The highest BCUT2D eigenvalue weighted by molar-refractivity contribution is 6.10. The maximum atomic E-state index is 12.2. The Balaban J connectivity index is 2.14. The van der Waals surface area contributed by atoms with E-state index < -0.39 is 56.3 Å². The van der Waals surface area contributed by atoms with Crippen molar-refractivity contribution < 1.29 is 42.6 Å². The van der Waals surface area contributed by atoms with E-state index in [0.717, 1.165) is 36.4 Å². The molecule has 28 heavy (non-hydrogen) atoms. The van der Waals surface area contributed by atoms with Gasteiger partial charge in [-0.3, -0.25) is 9.59 Å². The third-order valence-electron chi connectivity index (χ3n) is 3.47. The Bertz CT molecular complexity index is 1240. The first kappa shape index (κ1) is 10.7. The molecule has 0 bridgehead atoms. The Labute approximate surface area is 177 Å². The van der Waals surface area contributed by atoms with Crippen molar-refractivity contribution in [3.63, 3.8) is 0 Å². The number of allylic oxidation sites excluding steroid dienone is 2. The van der Waals surface area contributed by atoms with Crippen molar-refractivity contribution in [2.75, 3.05) is 21.1 Å². The molecule has 2 aromatic rings. The number of phenolic OH excluding ortho intramolecular Hbond substituents is 1. The fraction of sp³-hybridized carbons (Fsp3) is 0.182. The van der Waals surface area contributed by atoms with E-state index in [9.17, 15) is 14.7 Å². The van der Waals surface area contributed by atoms with Crippen LogP contribution in [-0.2, 0) is 9.59 Å². The number of hydrogen-bond donors (Lipinski definition) is 1. The van der Waals surface area contributed by atoms with Gasteiger partial charge in [0.25, 0.3) is 0 Å². The molecule has 0 heterocycles. The smallest absolute Gasteiger partial charge is 0.163 e. The number of ketones is 2. The van der Waals surface area contributed by atoms with Crippen LogP contribution in [0.3, 0.4) is 0 Å². The number of ether oxygens (including phenoxy) is 3. The lowest BCUT2D eigenvalue weighted by molar-refractivity contribution is -0.121. The highest BCUT2D eigenvalue weighted by atomic mass is 16.5. The summed E-state index contributed by atoms with van der Waals surface area (Å²) in [6.07, 6.45) is 2.48. The molecule has 146 valence electrons. The van der Waals surface area contributed by atoms with Gasteiger partial charge in [-0.05, 0) is 47.5 Å². The van der Waals surface area contributed by atoms with Gasteiger partial charge in [-0.15, -0.1) is 0 Å². The molecule has 0 aliphatic rings. The molecule has 2 rings (SSSR count). The topological polar surface area (TPSA) is 82.1 Å². The zero-order valence-corrected chi connectivity index (χ0v) is 14.4. The average Bonchev–Trinajstić information content (AvgIpc) is 2.72. The molecule has 0 atom stereocenters. The monoisotopic (exact) mass is 392 g/mol. The second-order valence-electron chi connectivity index (χ2n) is 5.43. The summed E-state index contributed by atoms with van der Waals surface area (Å²) in [5, 5.41) is 9.73. The zero-order valence-electron chi connectivity index (χ0n) is 24.4. The summed E-state index contributed by atoms with van der Waals surface area (Å²) in [6.45, 7) is 0. The quantitative estimate of drug-likeness (QED) is 0.518. The molecule has 0 aromatic heterocycles. The van der Waals surface area contributed by atoms with Crippen LogP contribution in [0.4, 0.5) is 0 Å². The number of aromatic hydroxyl groups is 1. The second-order valence-corrected chi connectivity index (χ2v) is 5.43. The minimum atomic E-state index is -2.91. The summed E-state index contributed by atoms with van der Waals surface area (Å²) in [4.78, 5) is 24.5. The van der Waals surface area contributed by atoms with Gasteiger partial charge >= 0.3 is 0 Å². The van der Waals surface area contributed by atoms with Crippen molar-refractivity contribution in [3.05, 3.63) is 59.7 Å². The minimum Gasteiger partial charge on any atom is -0.504 e. The molecular formula is C22H22O6. The molecule has 6 nitrogen and oxygen atoms in total. The SMILES string of the molecule is [2H]/C(=C\C(=O)CC(=O)/C=C/c1ccc(OC([2H])([2H])[2H])c(OC([2H])([2H])[2H])c1)c1ccc(O)c(OC([2H])([2H])[2H])c1. The Morgan fingerprint density at radius 1 is 0.929 bits per heavy atom. The Morgan fingerprint density at radius 3 is 2.36 bits per heavy atom. The van der Waals surface area contributed by atoms with Crippen LogP contribution in [0.2, 0.25) is 0 Å². The summed E-state index contributed by atoms with van der Waals surface area (Å²) < 4.78 is 86.8. The van der Waals surface area contributed by atoms with Crippen LogP contribution in [0, 0.1) is 0 Å². The average molecular weight is 392 g/mol. The lowest BCUT2D eigenvalue weighted by atomic mass is 10.1. The normalized spacial score (nSPS) is 17.9. The van der Waals surface area contributed by atoms with Crippen LogP contribution >= 0.6 is 0 Å². The van der Waals surface area contributed by atoms with E-state index in [2.05, 4.69) is 4.74 Å². The number of benzene rings is 2. The van der Waals surface area contributed by atoms with Gasteiger partial charge in [0.1, 0.15) is 0 Å². The molecule has 1 N–H and O–H groups in total. The lowest BCUT2D eigenvalue weighted by Crippen LogP contribution is -2.01. The fourth-order valence-corrected chi connectivity index (χ4v) is 2.11. The number of hydrogen-bond acceptors (Lipinski definition) is 6. The first-order valence-corrected chi connectivity index (χ1v) is 7.78. The summed E-state index contributed by atoms with van der Waals surface area (Å²) >= 11 is 0. The van der Waals surface area contributed by atoms with Crippen LogP contribution in [0.1, 0.15) is 31.3 Å². The number of carbonyl (C=O) groups excluding carboxylic acids is 2. The van der Waals surface area contributed by atoms with Gasteiger partial charge in [-0.2, -0.15) is 0 Å². The third kappa shape index (κ3) is 5.74. The Kier molecular flexibility index (Phi) is 3.81. The first-order chi connectivity index (χ1) is 17.3. The van der Waals surface area contributed by atoms with Gasteiger partial charge in [0, 0.05) is 0 Å². The van der Waals surface area contributed by atoms with Crippen molar-refractivity contribution in [2.24, 2.45) is 0 Å². The Morgan fingerprint density at radius 2 is 1.57 bits per heavy atom. The number of methoxy groups -OCH3 is 3. The maximum Gasteiger partial charge on any atom is 0.163 e. The molecule has 0 unspecified atom stereocenters. The van der Waals surface area contributed by atoms with Crippen molar-refractivity contribution in [1.29, 1.82) is 0 Å². The van der Waals surface area contributed by atoms with Crippen molar-refractivity contribution >= 4 is 23.7 Å². The summed E-state index contributed by atoms with van der Waals surface area (Å²) in [5.41, 5.74) is 0.296. The largest absolute Gasteiger partial charge is 0.504 e. The first-order valence-electron chi connectivity index (χ1n) is 12.8. The fourth-order valence-electron chi connectivity index (χ4n) is 2.11. The standard InChI is InChI=1S/C22H22O6/c1-26-20-11-7-16(13-22(20)28-3)5-9-18(24)14-17(23)8-4-15-6-10-19(25)21(12-15)27-2/h4-13,25H,14H2,1-3H3/b8-4+,9-5+/i1D3,2D3,3D3,4D. The highest BCUT2D eigenvalue weighted by Gasteiger charge is 2.06. The summed E-state index contributed by atoms with van der Waals surface area (Å²) in [6, 6.07) is 6.69. The van der Waals surface area contributed by atoms with E-state index in [-0.39, 0.29) is 22.9 Å². The number of rotatable bonds is 9. The minimum absolute atomic E-state index is 0.0551. The van der Waals surface area contributed by atoms with Gasteiger partial charge in [0.15, 0.2) is 34.6 Å². The van der Waals surface area contributed by atoms with Crippen molar-refractivity contribution in [2.45, 2.75) is 6.42 Å². The Hall–Kier alpha value is -3.54. The van der Waals surface area contributed by atoms with Gasteiger partial charge in [-0.25, -0.2) is 0 Å². The van der Waals surface area contributed by atoms with E-state index in [1.54, 1.807) is 0 Å². The maximum absolute atomic E-state index is 12.2. The molecule has 0 fully saturated rings. The summed E-state index contributed by atoms with van der Waals surface area (Å²) in [7, 11) is -8.62. The molecule has 0 spiro atoms. The molecule has 0 amide bonds. The van der Waals surface area contributed by atoms with E-state index in [1.807, 2.05) is 0 Å². The molecular weight excluding hydrogens is 360 g/mol. The van der Waals surface area contributed by atoms with Gasteiger partial charge in [0.05, 0.1) is 41.2 Å². The molecule has 0 aliphatic carbocycles. The van der Waals surface area contributed by atoms with Crippen LogP contribution in [0.15, 0.2) is 48.6 Å². The number of phenols is 1. The van der Waals surface area contributed by atoms with Gasteiger partial charge in [-0.1, -0.05) is 24.3 Å². The van der Waals surface area contributed by atoms with Crippen LogP contribution in [0.5, 0.6) is 23.0 Å². The zero-order chi connectivity index (χ0) is 28.9. The predicted molar refractivity (Wildman–Crippen MR) is 107 cm³/mol. The van der Waals surface area contributed by atoms with Crippen LogP contribution < -0.4 is 14.2 Å². The van der Waals surface area contributed by atoms with Gasteiger partial charge < -0.3 is 19.3 Å². The highest BCUT2D eigenvalue weighted by Crippen LogP contribution is 2.28. The molecule has 6 heteroatoms. The van der Waals surface area contributed by atoms with E-state index >= 15 is 0 Å². The van der Waals surface area contributed by atoms with E-state index in [1.165, 1.54) is 18.2 Å². The van der Waals surface area contributed by atoms with Gasteiger partial charge in [0.2, 0.25) is 0 Å². The molecule has 0 saturated heterocycles. The van der Waals surface area contributed by atoms with Crippen molar-refractivity contribution in [1.82, 2.24) is 0 Å². The van der Waals surface area contributed by atoms with Crippen LogP contribution in [-0.4, -0.2) is 37.8 Å². The van der Waals surface area contributed by atoms with Crippen LogP contribution in [0.25, 0.3) is 12.1 Å². The second kappa shape index (κ2) is 9.97. The molecule has 0 saturated carbocycles. The molecule has 0 radical (unpaired) electrons. The predicted octanol–water partition coefficient (Wildman–Crippen LogP) is 3.67.